The van der Waals surface area contributed by atoms with Gasteiger partial charge in [-0.25, -0.2) is 8.78 Å². The molecule has 0 aliphatic carbocycles. The molecule has 0 heterocycles. The lowest BCUT2D eigenvalue weighted by atomic mass is 10.2. The van der Waals surface area contributed by atoms with Crippen LogP contribution in [0.15, 0.2) is 0 Å². The van der Waals surface area contributed by atoms with E-state index in [9.17, 15) is 8.78 Å². The predicted octanol–water partition coefficient (Wildman–Crippen LogP) is 0.989. The summed E-state index contributed by atoms with van der Waals surface area (Å²) in [5, 5.41) is 0. The second-order valence-electron chi connectivity index (χ2n) is 1.74. The van der Waals surface area contributed by atoms with Gasteiger partial charge in [-0.05, 0) is 6.92 Å². The summed E-state index contributed by atoms with van der Waals surface area (Å²) in [7, 11) is 0. The summed E-state index contributed by atoms with van der Waals surface area (Å²) in [6.07, 6.45) is 0. The van der Waals surface area contributed by atoms with Gasteiger partial charge >= 0.3 is 0 Å². The molecule has 0 aliphatic rings. The van der Waals surface area contributed by atoms with Gasteiger partial charge in [0.2, 0.25) is 0 Å². The van der Waals surface area contributed by atoms with Gasteiger partial charge in [-0.15, -0.1) is 0 Å². The summed E-state index contributed by atoms with van der Waals surface area (Å²) in [6.45, 7) is 2.08. The molecular weight excluding hydrogens is 100 g/mol. The van der Waals surface area contributed by atoms with Crippen molar-refractivity contribution in [1.82, 2.24) is 0 Å². The molecule has 44 valence electrons. The number of hydrogen-bond acceptors (Lipinski definition) is 1. The first-order valence-corrected chi connectivity index (χ1v) is 2.08. The predicted molar refractivity (Wildman–Crippen MR) is 24.3 cm³/mol. The highest BCUT2D eigenvalue weighted by Gasteiger charge is 2.25. The van der Waals surface area contributed by atoms with Crippen molar-refractivity contribution in [3.63, 3.8) is 0 Å². The summed E-state index contributed by atoms with van der Waals surface area (Å²) >= 11 is 0. The molecule has 7 heavy (non-hydrogen) atoms. The monoisotopic (exact) mass is 109 g/mol. The van der Waals surface area contributed by atoms with E-state index in [0.29, 0.717) is 0 Å². The lowest BCUT2D eigenvalue weighted by Crippen LogP contribution is -2.34. The Bertz CT molecular complexity index is 55.2. The van der Waals surface area contributed by atoms with Crippen molar-refractivity contribution < 1.29 is 8.78 Å². The SMILES string of the molecule is C[C@H](N)C(C)(F)F. The van der Waals surface area contributed by atoms with E-state index in [2.05, 4.69) is 0 Å². The highest BCUT2D eigenvalue weighted by molar-refractivity contribution is 4.68. The van der Waals surface area contributed by atoms with Crippen LogP contribution >= 0.6 is 0 Å². The van der Waals surface area contributed by atoms with E-state index in [-0.39, 0.29) is 0 Å². The fraction of sp³-hybridized carbons (Fsp3) is 1.00. The zero-order chi connectivity index (χ0) is 6.08. The van der Waals surface area contributed by atoms with Crippen LogP contribution in [-0.2, 0) is 0 Å². The van der Waals surface area contributed by atoms with Gasteiger partial charge in [-0.2, -0.15) is 0 Å². The Morgan fingerprint density at radius 2 is 1.71 bits per heavy atom. The second-order valence-corrected chi connectivity index (χ2v) is 1.74. The van der Waals surface area contributed by atoms with Gasteiger partial charge in [0.15, 0.2) is 0 Å². The van der Waals surface area contributed by atoms with E-state index in [0.717, 1.165) is 6.92 Å². The number of nitrogens with two attached hydrogens (primary N) is 1. The minimum atomic E-state index is -2.72. The molecule has 0 rings (SSSR count). The highest BCUT2D eigenvalue weighted by atomic mass is 19.3. The topological polar surface area (TPSA) is 26.0 Å². The average molecular weight is 109 g/mol. The number of rotatable bonds is 1. The average Bonchev–Trinajstić information content (AvgIpc) is 1.31. The van der Waals surface area contributed by atoms with Crippen LogP contribution < -0.4 is 5.73 Å². The largest absolute Gasteiger partial charge is 0.323 e. The molecule has 1 atom stereocenters. The normalized spacial score (nSPS) is 16.7. The molecule has 0 aliphatic heterocycles. The van der Waals surface area contributed by atoms with E-state index < -0.39 is 12.0 Å². The van der Waals surface area contributed by atoms with Gasteiger partial charge in [-0.1, -0.05) is 0 Å². The Morgan fingerprint density at radius 1 is 1.57 bits per heavy atom. The standard InChI is InChI=1S/C4H9F2N/c1-3(7)4(2,5)6/h3H,7H2,1-2H3/t3-/m0/s1. The lowest BCUT2D eigenvalue weighted by molar-refractivity contribution is 0.000499. The molecule has 0 saturated carbocycles. The van der Waals surface area contributed by atoms with Crippen LogP contribution in [0.4, 0.5) is 8.78 Å². The Labute approximate surface area is 41.5 Å². The maximum atomic E-state index is 11.7. The van der Waals surface area contributed by atoms with Crippen LogP contribution in [0.5, 0.6) is 0 Å². The molecule has 0 aromatic heterocycles. The smallest absolute Gasteiger partial charge is 0.259 e. The summed E-state index contributed by atoms with van der Waals surface area (Å²) in [5.41, 5.74) is 4.82. The van der Waals surface area contributed by atoms with Crippen LogP contribution in [0, 0.1) is 0 Å². The van der Waals surface area contributed by atoms with Crippen LogP contribution in [-0.4, -0.2) is 12.0 Å². The summed E-state index contributed by atoms with van der Waals surface area (Å²) in [4.78, 5) is 0. The Hall–Kier alpha value is -0.180. The first kappa shape index (κ1) is 6.82. The van der Waals surface area contributed by atoms with Gasteiger partial charge in [0.1, 0.15) is 0 Å². The third kappa shape index (κ3) is 2.51. The van der Waals surface area contributed by atoms with Crippen molar-refractivity contribution in [2.45, 2.75) is 25.8 Å². The van der Waals surface area contributed by atoms with Crippen LogP contribution in [0.1, 0.15) is 13.8 Å². The third-order valence-electron chi connectivity index (χ3n) is 0.800. The quantitative estimate of drug-likeness (QED) is 0.533. The van der Waals surface area contributed by atoms with Gasteiger partial charge in [0, 0.05) is 6.92 Å². The molecule has 0 spiro atoms. The van der Waals surface area contributed by atoms with Crippen molar-refractivity contribution in [2.24, 2.45) is 5.73 Å². The number of halogens is 2. The molecule has 0 radical (unpaired) electrons. The molecule has 2 N–H and O–H groups in total. The highest BCUT2D eigenvalue weighted by Crippen LogP contribution is 2.13. The van der Waals surface area contributed by atoms with Gasteiger partial charge in [0.05, 0.1) is 6.04 Å². The third-order valence-corrected chi connectivity index (χ3v) is 0.800. The second kappa shape index (κ2) is 1.74. The van der Waals surface area contributed by atoms with Crippen molar-refractivity contribution in [3.8, 4) is 0 Å². The number of alkyl halides is 2. The molecule has 0 fully saturated rings. The van der Waals surface area contributed by atoms with Crippen LogP contribution in [0.25, 0.3) is 0 Å². The Morgan fingerprint density at radius 3 is 1.71 bits per heavy atom. The summed E-state index contributed by atoms with van der Waals surface area (Å²) < 4.78 is 23.4. The number of hydrogen-bond donors (Lipinski definition) is 1. The minimum Gasteiger partial charge on any atom is -0.323 e. The van der Waals surface area contributed by atoms with Gasteiger partial charge in [-0.3, -0.25) is 0 Å². The van der Waals surface area contributed by atoms with E-state index >= 15 is 0 Å². The van der Waals surface area contributed by atoms with Crippen molar-refractivity contribution in [1.29, 1.82) is 0 Å². The zero-order valence-corrected chi connectivity index (χ0v) is 4.41. The first-order valence-electron chi connectivity index (χ1n) is 2.08. The molecule has 0 unspecified atom stereocenters. The molecule has 0 bridgehead atoms. The van der Waals surface area contributed by atoms with Crippen LogP contribution in [0.3, 0.4) is 0 Å². The fourth-order valence-corrected chi connectivity index (χ4v) is 0. The Balaban J connectivity index is 3.54. The van der Waals surface area contributed by atoms with E-state index in [1.807, 2.05) is 0 Å². The molecular formula is C4H9F2N. The zero-order valence-electron chi connectivity index (χ0n) is 4.41. The Kier molecular flexibility index (Phi) is 1.69. The molecule has 0 amide bonds. The molecule has 1 nitrogen and oxygen atoms in total. The molecule has 0 saturated heterocycles. The maximum Gasteiger partial charge on any atom is 0.259 e. The summed E-state index contributed by atoms with van der Waals surface area (Å²) in [5.74, 6) is -2.72. The lowest BCUT2D eigenvalue weighted by Gasteiger charge is -2.12. The van der Waals surface area contributed by atoms with E-state index in [1.54, 1.807) is 0 Å². The molecule has 0 aromatic carbocycles. The minimum absolute atomic E-state index is 0.803. The summed E-state index contributed by atoms with van der Waals surface area (Å²) in [6, 6.07) is -1.03. The molecule has 0 aromatic rings. The van der Waals surface area contributed by atoms with Crippen molar-refractivity contribution in [2.75, 3.05) is 0 Å². The van der Waals surface area contributed by atoms with E-state index in [4.69, 9.17) is 5.73 Å². The van der Waals surface area contributed by atoms with Crippen molar-refractivity contribution >= 4 is 0 Å². The van der Waals surface area contributed by atoms with Crippen LogP contribution in [0.2, 0.25) is 0 Å². The van der Waals surface area contributed by atoms with Gasteiger partial charge in [0.25, 0.3) is 5.92 Å². The van der Waals surface area contributed by atoms with Gasteiger partial charge < -0.3 is 5.73 Å². The maximum absolute atomic E-state index is 11.7. The first-order chi connectivity index (χ1) is 2.94. The fourth-order valence-electron chi connectivity index (χ4n) is 0. The molecule has 3 heteroatoms. The van der Waals surface area contributed by atoms with Crippen molar-refractivity contribution in [3.05, 3.63) is 0 Å². The van der Waals surface area contributed by atoms with E-state index in [1.165, 1.54) is 6.92 Å².